The number of rotatable bonds is 7. The Bertz CT molecular complexity index is 770. The van der Waals surface area contributed by atoms with Crippen LogP contribution in [0.3, 0.4) is 0 Å². The number of aryl methyl sites for hydroxylation is 1. The molecular formula is C17H22N2O4S2. The fourth-order valence-electron chi connectivity index (χ4n) is 3.02. The summed E-state index contributed by atoms with van der Waals surface area (Å²) < 4.78 is 32.6. The Hall–Kier alpha value is -1.64. The summed E-state index contributed by atoms with van der Waals surface area (Å²) in [5, 5.41) is 1.74. The van der Waals surface area contributed by atoms with Gasteiger partial charge in [-0.15, -0.1) is 11.3 Å². The number of hydrogen-bond acceptors (Lipinski definition) is 5. The molecule has 0 bridgehead atoms. The Morgan fingerprint density at radius 2 is 2.24 bits per heavy atom. The van der Waals surface area contributed by atoms with Crippen molar-refractivity contribution in [2.24, 2.45) is 5.92 Å². The summed E-state index contributed by atoms with van der Waals surface area (Å²) in [4.78, 5) is 14.2. The van der Waals surface area contributed by atoms with E-state index < -0.39 is 10.0 Å². The average molecular weight is 383 g/mol. The fourth-order valence-corrected chi connectivity index (χ4v) is 5.17. The molecule has 8 heteroatoms. The molecule has 25 heavy (non-hydrogen) atoms. The zero-order chi connectivity index (χ0) is 17.7. The third-order valence-electron chi connectivity index (χ3n) is 4.36. The topological polar surface area (TPSA) is 79.6 Å². The number of thiophene rings is 1. The number of piperidine rings is 1. The van der Waals surface area contributed by atoms with Crippen LogP contribution in [-0.4, -0.2) is 38.9 Å². The molecule has 3 heterocycles. The minimum atomic E-state index is -3.44. The van der Waals surface area contributed by atoms with Gasteiger partial charge in [0, 0.05) is 32.5 Å². The first-order chi connectivity index (χ1) is 12.0. The van der Waals surface area contributed by atoms with E-state index in [0.717, 1.165) is 25.1 Å². The van der Waals surface area contributed by atoms with E-state index in [-0.39, 0.29) is 11.8 Å². The highest BCUT2D eigenvalue weighted by atomic mass is 32.2. The summed E-state index contributed by atoms with van der Waals surface area (Å²) in [5.74, 6) is 1.06. The number of hydrogen-bond donors (Lipinski definition) is 1. The van der Waals surface area contributed by atoms with E-state index in [1.54, 1.807) is 23.8 Å². The van der Waals surface area contributed by atoms with Gasteiger partial charge in [-0.05, 0) is 42.3 Å². The standard InChI is InChI=1S/C17H22N2O4S2/c20-16(8-7-15-5-2-10-23-15)19-9-1-4-14(13-19)12-18-25(21,22)17-6-3-11-24-17/h2-3,5-6,10-11,14,18H,1,4,7-9,12-13H2. The van der Waals surface area contributed by atoms with Gasteiger partial charge in [-0.2, -0.15) is 0 Å². The first-order valence-corrected chi connectivity index (χ1v) is 10.7. The van der Waals surface area contributed by atoms with Crippen molar-refractivity contribution in [2.45, 2.75) is 29.9 Å². The van der Waals surface area contributed by atoms with E-state index >= 15 is 0 Å². The molecule has 1 aliphatic heterocycles. The normalized spacial score (nSPS) is 18.4. The molecular weight excluding hydrogens is 360 g/mol. The van der Waals surface area contributed by atoms with Gasteiger partial charge in [-0.3, -0.25) is 4.79 Å². The maximum absolute atomic E-state index is 12.4. The smallest absolute Gasteiger partial charge is 0.250 e. The largest absolute Gasteiger partial charge is 0.469 e. The molecule has 0 saturated carbocycles. The number of likely N-dealkylation sites (tertiary alicyclic amines) is 1. The van der Waals surface area contributed by atoms with Crippen LogP contribution in [0.15, 0.2) is 44.5 Å². The van der Waals surface area contributed by atoms with E-state index in [9.17, 15) is 13.2 Å². The summed E-state index contributed by atoms with van der Waals surface area (Å²) in [7, 11) is -3.44. The monoisotopic (exact) mass is 382 g/mol. The number of furan rings is 1. The van der Waals surface area contributed by atoms with Crippen LogP contribution in [-0.2, 0) is 21.2 Å². The zero-order valence-corrected chi connectivity index (χ0v) is 15.5. The lowest BCUT2D eigenvalue weighted by molar-refractivity contribution is -0.133. The van der Waals surface area contributed by atoms with Crippen LogP contribution >= 0.6 is 11.3 Å². The van der Waals surface area contributed by atoms with Crippen molar-refractivity contribution >= 4 is 27.3 Å². The molecule has 0 aliphatic carbocycles. The molecule has 0 spiro atoms. The highest BCUT2D eigenvalue weighted by Crippen LogP contribution is 2.20. The van der Waals surface area contributed by atoms with E-state index in [0.29, 0.717) is 30.1 Å². The van der Waals surface area contributed by atoms with E-state index in [2.05, 4.69) is 4.72 Å². The number of sulfonamides is 1. The second-order valence-electron chi connectivity index (χ2n) is 6.21. The molecule has 136 valence electrons. The molecule has 1 fully saturated rings. The lowest BCUT2D eigenvalue weighted by atomic mass is 9.98. The van der Waals surface area contributed by atoms with Gasteiger partial charge in [0.15, 0.2) is 0 Å². The Kier molecular flexibility index (Phi) is 5.93. The highest BCUT2D eigenvalue weighted by molar-refractivity contribution is 7.91. The molecule has 1 unspecified atom stereocenters. The van der Waals surface area contributed by atoms with Crippen molar-refractivity contribution in [2.75, 3.05) is 19.6 Å². The predicted molar refractivity (Wildman–Crippen MR) is 95.8 cm³/mol. The molecule has 1 N–H and O–H groups in total. The zero-order valence-electron chi connectivity index (χ0n) is 13.9. The van der Waals surface area contributed by atoms with Crippen molar-refractivity contribution in [1.82, 2.24) is 9.62 Å². The lowest BCUT2D eigenvalue weighted by Crippen LogP contribution is -2.43. The SMILES string of the molecule is O=C(CCc1ccco1)N1CCCC(CNS(=O)(=O)c2cccs2)C1. The van der Waals surface area contributed by atoms with E-state index in [1.165, 1.54) is 11.3 Å². The number of carbonyl (C=O) groups is 1. The number of carbonyl (C=O) groups excluding carboxylic acids is 1. The van der Waals surface area contributed by atoms with Crippen molar-refractivity contribution in [3.05, 3.63) is 41.7 Å². The lowest BCUT2D eigenvalue weighted by Gasteiger charge is -2.32. The van der Waals surface area contributed by atoms with Crippen LogP contribution in [0.25, 0.3) is 0 Å². The molecule has 0 aromatic carbocycles. The average Bonchev–Trinajstić information content (AvgIpc) is 3.32. The predicted octanol–water partition coefficient (Wildman–Crippen LogP) is 2.49. The van der Waals surface area contributed by atoms with Crippen LogP contribution in [0.2, 0.25) is 0 Å². The maximum Gasteiger partial charge on any atom is 0.250 e. The number of nitrogens with one attached hydrogen (secondary N) is 1. The Morgan fingerprint density at radius 1 is 1.36 bits per heavy atom. The van der Waals surface area contributed by atoms with Crippen LogP contribution in [0.1, 0.15) is 25.0 Å². The molecule has 2 aromatic heterocycles. The van der Waals surface area contributed by atoms with Gasteiger partial charge in [0.2, 0.25) is 15.9 Å². The Morgan fingerprint density at radius 3 is 2.96 bits per heavy atom. The second-order valence-corrected chi connectivity index (χ2v) is 9.15. The second kappa shape index (κ2) is 8.16. The highest BCUT2D eigenvalue weighted by Gasteiger charge is 2.25. The summed E-state index contributed by atoms with van der Waals surface area (Å²) >= 11 is 1.20. The summed E-state index contributed by atoms with van der Waals surface area (Å²) in [6, 6.07) is 7.00. The number of nitrogens with zero attached hydrogens (tertiary/aromatic N) is 1. The molecule has 1 saturated heterocycles. The summed E-state index contributed by atoms with van der Waals surface area (Å²) in [6.07, 6.45) is 4.45. The van der Waals surface area contributed by atoms with Gasteiger partial charge >= 0.3 is 0 Å². The van der Waals surface area contributed by atoms with Crippen LogP contribution in [0, 0.1) is 5.92 Å². The molecule has 0 radical (unpaired) electrons. The molecule has 1 amide bonds. The minimum absolute atomic E-state index is 0.0993. The fraction of sp³-hybridized carbons (Fsp3) is 0.471. The molecule has 2 aromatic rings. The van der Waals surface area contributed by atoms with Gasteiger partial charge < -0.3 is 9.32 Å². The van der Waals surface area contributed by atoms with Crippen LogP contribution < -0.4 is 4.72 Å². The third kappa shape index (κ3) is 4.93. The van der Waals surface area contributed by atoms with Gasteiger partial charge in [-0.25, -0.2) is 13.1 Å². The van der Waals surface area contributed by atoms with E-state index in [4.69, 9.17) is 4.42 Å². The van der Waals surface area contributed by atoms with Crippen LogP contribution in [0.4, 0.5) is 0 Å². The van der Waals surface area contributed by atoms with Crippen molar-refractivity contribution in [1.29, 1.82) is 0 Å². The van der Waals surface area contributed by atoms with Crippen molar-refractivity contribution < 1.29 is 17.6 Å². The van der Waals surface area contributed by atoms with Gasteiger partial charge in [-0.1, -0.05) is 6.07 Å². The first kappa shape index (κ1) is 18.2. The summed E-state index contributed by atoms with van der Waals surface area (Å²) in [6.45, 7) is 1.71. The van der Waals surface area contributed by atoms with E-state index in [1.807, 2.05) is 17.0 Å². The molecule has 3 rings (SSSR count). The minimum Gasteiger partial charge on any atom is -0.469 e. The van der Waals surface area contributed by atoms with Crippen molar-refractivity contribution in [3.63, 3.8) is 0 Å². The molecule has 1 aliphatic rings. The van der Waals surface area contributed by atoms with Gasteiger partial charge in [0.25, 0.3) is 0 Å². The maximum atomic E-state index is 12.4. The van der Waals surface area contributed by atoms with Crippen molar-refractivity contribution in [3.8, 4) is 0 Å². The van der Waals surface area contributed by atoms with Crippen LogP contribution in [0.5, 0.6) is 0 Å². The van der Waals surface area contributed by atoms with Gasteiger partial charge in [0.05, 0.1) is 6.26 Å². The quantitative estimate of drug-likeness (QED) is 0.798. The van der Waals surface area contributed by atoms with Gasteiger partial charge in [0.1, 0.15) is 9.97 Å². The Balaban J connectivity index is 1.48. The molecule has 1 atom stereocenters. The number of amides is 1. The third-order valence-corrected chi connectivity index (χ3v) is 7.18. The Labute approximate surface area is 151 Å². The molecule has 6 nitrogen and oxygen atoms in total. The summed E-state index contributed by atoms with van der Waals surface area (Å²) in [5.41, 5.74) is 0. The first-order valence-electron chi connectivity index (χ1n) is 8.38.